The molecule has 0 bridgehead atoms. The van der Waals surface area contributed by atoms with Gasteiger partial charge in [0.1, 0.15) is 0 Å². The number of rotatable bonds is 4. The predicted molar refractivity (Wildman–Crippen MR) is 125 cm³/mol. The van der Waals surface area contributed by atoms with Crippen LogP contribution in [-0.2, 0) is 9.59 Å². The number of benzene rings is 2. The van der Waals surface area contributed by atoms with Crippen LogP contribution in [0.1, 0.15) is 0 Å². The number of carbonyl (C=O) groups is 2. The van der Waals surface area contributed by atoms with Crippen molar-refractivity contribution in [2.45, 2.75) is 0 Å². The van der Waals surface area contributed by atoms with Gasteiger partial charge < -0.3 is 19.9 Å². The number of methoxy groups -OCH3 is 1. The van der Waals surface area contributed by atoms with Crippen molar-refractivity contribution in [3.05, 3.63) is 79.0 Å². The fourth-order valence-electron chi connectivity index (χ4n) is 3.56. The Morgan fingerprint density at radius 1 is 0.909 bits per heavy atom. The second kappa shape index (κ2) is 9.19. The van der Waals surface area contributed by atoms with Crippen molar-refractivity contribution >= 4 is 44.6 Å². The average Bonchev–Trinajstić information content (AvgIpc) is 3.21. The van der Waals surface area contributed by atoms with Gasteiger partial charge in [-0.1, -0.05) is 42.5 Å². The van der Waals surface area contributed by atoms with Crippen LogP contribution in [0.4, 0.5) is 0 Å². The average molecular weight is 441 g/mol. The monoisotopic (exact) mass is 441 g/mol. The third kappa shape index (κ3) is 4.49. The van der Waals surface area contributed by atoms with E-state index < -0.39 is 11.9 Å². The number of carboxylic acids is 2. The van der Waals surface area contributed by atoms with Crippen molar-refractivity contribution in [3.63, 3.8) is 0 Å². The second-order valence-corrected chi connectivity index (χ2v) is 6.99. The van der Waals surface area contributed by atoms with Gasteiger partial charge in [-0.3, -0.25) is 4.98 Å². The van der Waals surface area contributed by atoms with Gasteiger partial charge in [-0.15, -0.1) is 0 Å². The molecule has 3 aromatic heterocycles. The number of ether oxygens (including phenoxy) is 1. The lowest BCUT2D eigenvalue weighted by Crippen LogP contribution is -1.91. The number of aromatic amines is 1. The maximum absolute atomic E-state index is 9.55. The van der Waals surface area contributed by atoms with E-state index in [9.17, 15) is 9.59 Å². The van der Waals surface area contributed by atoms with Crippen molar-refractivity contribution < 1.29 is 24.5 Å². The number of aromatic nitrogens is 3. The van der Waals surface area contributed by atoms with E-state index in [1.807, 2.05) is 24.4 Å². The van der Waals surface area contributed by atoms with Crippen LogP contribution in [0.5, 0.6) is 5.88 Å². The predicted octanol–water partition coefficient (Wildman–Crippen LogP) is 4.65. The molecule has 0 spiro atoms. The van der Waals surface area contributed by atoms with E-state index in [0.29, 0.717) is 18.0 Å². The molecule has 0 saturated heterocycles. The molecule has 2 aromatic carbocycles. The lowest BCUT2D eigenvalue weighted by atomic mass is 10.0. The van der Waals surface area contributed by atoms with Crippen LogP contribution in [0.3, 0.4) is 0 Å². The molecule has 0 unspecified atom stereocenters. The van der Waals surface area contributed by atoms with Crippen LogP contribution in [0.15, 0.2) is 79.0 Å². The molecule has 0 saturated carbocycles. The van der Waals surface area contributed by atoms with Crippen LogP contribution < -0.4 is 4.74 Å². The standard InChI is InChI=1S/C21H15N3O.C4H4O4/c1-25-18-10-9-17-19(24-18)16-11-12-22-20(21(16)23-17)15-8-4-6-13-5-2-3-7-14(13)15;5-3(6)1-2-4(7)8/h2-12,23H,1H3;1-2H,(H,5,6)(H,7,8)/b;2-1+. The zero-order valence-electron chi connectivity index (χ0n) is 17.5. The maximum Gasteiger partial charge on any atom is 0.328 e. The molecule has 164 valence electrons. The molecule has 8 nitrogen and oxygen atoms in total. The molecular weight excluding hydrogens is 422 g/mol. The number of aliphatic carboxylic acids is 2. The minimum absolute atomic E-state index is 0.558. The van der Waals surface area contributed by atoms with Gasteiger partial charge in [0.2, 0.25) is 5.88 Å². The smallest absolute Gasteiger partial charge is 0.328 e. The Labute approximate surface area is 187 Å². The first kappa shape index (κ1) is 21.5. The van der Waals surface area contributed by atoms with Gasteiger partial charge in [0.05, 0.1) is 29.4 Å². The highest BCUT2D eigenvalue weighted by molar-refractivity contribution is 6.11. The first-order valence-electron chi connectivity index (χ1n) is 9.91. The molecule has 0 aliphatic heterocycles. The molecule has 5 aromatic rings. The molecule has 5 rings (SSSR count). The lowest BCUT2D eigenvalue weighted by Gasteiger charge is -2.07. The molecule has 0 atom stereocenters. The number of nitrogens with one attached hydrogen (secondary N) is 1. The third-order valence-electron chi connectivity index (χ3n) is 4.96. The zero-order chi connectivity index (χ0) is 23.4. The fraction of sp³-hybridized carbons (Fsp3) is 0.0400. The van der Waals surface area contributed by atoms with E-state index in [1.165, 1.54) is 10.8 Å². The summed E-state index contributed by atoms with van der Waals surface area (Å²) in [7, 11) is 1.63. The zero-order valence-corrected chi connectivity index (χ0v) is 17.5. The van der Waals surface area contributed by atoms with Crippen LogP contribution in [0.25, 0.3) is 44.0 Å². The summed E-state index contributed by atoms with van der Waals surface area (Å²) in [5, 5.41) is 19.1. The van der Waals surface area contributed by atoms with Crippen molar-refractivity contribution in [3.8, 4) is 17.1 Å². The summed E-state index contributed by atoms with van der Waals surface area (Å²) in [5.74, 6) is -1.91. The number of fused-ring (bicyclic) bond motifs is 4. The van der Waals surface area contributed by atoms with E-state index in [-0.39, 0.29) is 0 Å². The summed E-state index contributed by atoms with van der Waals surface area (Å²) in [6, 6.07) is 20.5. The van der Waals surface area contributed by atoms with Gasteiger partial charge >= 0.3 is 11.9 Å². The Bertz CT molecular complexity index is 1500. The maximum atomic E-state index is 9.55. The summed E-state index contributed by atoms with van der Waals surface area (Å²) in [6.45, 7) is 0. The SMILES string of the molecule is COc1ccc2[nH]c3c(-c4cccc5ccccc45)nccc3c2n1.O=C(O)/C=C/C(=O)O. The Hall–Kier alpha value is -4.72. The Morgan fingerprint density at radius 3 is 2.36 bits per heavy atom. The molecular formula is C25H19N3O5. The van der Waals surface area contributed by atoms with E-state index in [4.69, 9.17) is 14.9 Å². The highest BCUT2D eigenvalue weighted by Crippen LogP contribution is 2.34. The first-order valence-corrected chi connectivity index (χ1v) is 9.91. The van der Waals surface area contributed by atoms with Crippen LogP contribution in [-0.4, -0.2) is 44.2 Å². The summed E-state index contributed by atoms with van der Waals surface area (Å²) in [4.78, 5) is 31.9. The summed E-state index contributed by atoms with van der Waals surface area (Å²) < 4.78 is 5.27. The number of carboxylic acid groups (broad SMARTS) is 2. The largest absolute Gasteiger partial charge is 0.481 e. The molecule has 8 heteroatoms. The third-order valence-corrected chi connectivity index (χ3v) is 4.96. The van der Waals surface area contributed by atoms with Crippen molar-refractivity contribution in [2.75, 3.05) is 7.11 Å². The number of pyridine rings is 2. The molecule has 33 heavy (non-hydrogen) atoms. The van der Waals surface area contributed by atoms with Gasteiger partial charge in [-0.2, -0.15) is 0 Å². The van der Waals surface area contributed by atoms with Gasteiger partial charge in [-0.25, -0.2) is 14.6 Å². The fourth-order valence-corrected chi connectivity index (χ4v) is 3.56. The second-order valence-electron chi connectivity index (χ2n) is 6.99. The van der Waals surface area contributed by atoms with E-state index >= 15 is 0 Å². The highest BCUT2D eigenvalue weighted by Gasteiger charge is 2.14. The molecule has 0 amide bonds. The van der Waals surface area contributed by atoms with Gasteiger partial charge in [0.15, 0.2) is 0 Å². The summed E-state index contributed by atoms with van der Waals surface area (Å²) >= 11 is 0. The van der Waals surface area contributed by atoms with Crippen molar-refractivity contribution in [1.82, 2.24) is 15.0 Å². The summed E-state index contributed by atoms with van der Waals surface area (Å²) in [5.41, 5.74) is 4.92. The molecule has 0 radical (unpaired) electrons. The van der Waals surface area contributed by atoms with Crippen LogP contribution >= 0.6 is 0 Å². The van der Waals surface area contributed by atoms with Gasteiger partial charge in [0.25, 0.3) is 0 Å². The lowest BCUT2D eigenvalue weighted by molar-refractivity contribution is -0.134. The van der Waals surface area contributed by atoms with Gasteiger partial charge in [0, 0.05) is 35.4 Å². The quantitative estimate of drug-likeness (QED) is 0.347. The number of nitrogens with zero attached hydrogens (tertiary/aromatic N) is 2. The minimum atomic E-state index is -1.26. The first-order chi connectivity index (χ1) is 16.0. The molecule has 3 N–H and O–H groups in total. The summed E-state index contributed by atoms with van der Waals surface area (Å²) in [6.07, 6.45) is 2.96. The van der Waals surface area contributed by atoms with E-state index in [1.54, 1.807) is 7.11 Å². The molecule has 3 heterocycles. The number of hydrogen-bond donors (Lipinski definition) is 3. The Morgan fingerprint density at radius 2 is 1.64 bits per heavy atom. The van der Waals surface area contributed by atoms with Gasteiger partial charge in [-0.05, 0) is 22.9 Å². The van der Waals surface area contributed by atoms with Crippen LogP contribution in [0, 0.1) is 0 Å². The minimum Gasteiger partial charge on any atom is -0.481 e. The van der Waals surface area contributed by atoms with Crippen molar-refractivity contribution in [1.29, 1.82) is 0 Å². The molecule has 0 fully saturated rings. The molecule has 0 aliphatic carbocycles. The van der Waals surface area contributed by atoms with Crippen LogP contribution in [0.2, 0.25) is 0 Å². The Kier molecular flexibility index (Phi) is 5.99. The van der Waals surface area contributed by atoms with E-state index in [2.05, 4.69) is 57.4 Å². The molecule has 0 aliphatic rings. The van der Waals surface area contributed by atoms with Crippen molar-refractivity contribution in [2.24, 2.45) is 0 Å². The van der Waals surface area contributed by atoms with E-state index in [0.717, 1.165) is 33.2 Å². The normalized spacial score (nSPS) is 10.9. The highest BCUT2D eigenvalue weighted by atomic mass is 16.5. The number of hydrogen-bond acceptors (Lipinski definition) is 5. The Balaban J connectivity index is 0.000000281. The number of H-pyrrole nitrogens is 1. The topological polar surface area (TPSA) is 125 Å².